The molecule has 36 heavy (non-hydrogen) atoms. The van der Waals surface area contributed by atoms with Gasteiger partial charge < -0.3 is 19.7 Å². The number of hydrogen-bond donors (Lipinski definition) is 1. The fraction of sp³-hybridized carbons (Fsp3) is 0.519. The summed E-state index contributed by atoms with van der Waals surface area (Å²) in [6.07, 6.45) is 2.24. The maximum absolute atomic E-state index is 14.6. The van der Waals surface area contributed by atoms with Crippen LogP contribution in [0.2, 0.25) is 0 Å². The topological polar surface area (TPSA) is 71.8 Å². The van der Waals surface area contributed by atoms with Gasteiger partial charge in [0.15, 0.2) is 11.5 Å². The lowest BCUT2D eigenvalue weighted by molar-refractivity contribution is -0.117. The number of nitrogens with zero attached hydrogens (tertiary/aromatic N) is 4. The summed E-state index contributed by atoms with van der Waals surface area (Å²) in [6, 6.07) is 7.09. The first-order chi connectivity index (χ1) is 17.2. The number of carbonyl (C=O) groups is 1. The third-order valence-electron chi connectivity index (χ3n) is 6.24. The molecule has 0 unspecified atom stereocenters. The number of imidazole rings is 1. The van der Waals surface area contributed by atoms with Crippen molar-refractivity contribution in [3.8, 4) is 0 Å². The number of anilines is 2. The second-order valence-corrected chi connectivity index (χ2v) is 10.6. The highest BCUT2D eigenvalue weighted by Crippen LogP contribution is 2.30. The van der Waals surface area contributed by atoms with Crippen molar-refractivity contribution in [1.82, 2.24) is 14.6 Å². The van der Waals surface area contributed by atoms with Crippen molar-refractivity contribution in [2.24, 2.45) is 0 Å². The number of rotatable bonds is 9. The molecule has 0 spiro atoms. The summed E-state index contributed by atoms with van der Waals surface area (Å²) in [5.41, 5.74) is 4.46. The highest BCUT2D eigenvalue weighted by Gasteiger charge is 2.23. The molecule has 7 nitrogen and oxygen atoms in total. The SMILES string of the molecule is CC(=O)CCCc1nc2c(NC(C)(C)C)cc(N3CCOCC3)nn2c1Cc1cccc(F)c1CCl. The Balaban J connectivity index is 1.87. The fourth-order valence-corrected chi connectivity index (χ4v) is 4.82. The third kappa shape index (κ3) is 6.16. The van der Waals surface area contributed by atoms with Crippen molar-refractivity contribution in [1.29, 1.82) is 0 Å². The van der Waals surface area contributed by atoms with Crippen LogP contribution < -0.4 is 10.2 Å². The molecule has 2 aromatic heterocycles. The highest BCUT2D eigenvalue weighted by molar-refractivity contribution is 6.17. The van der Waals surface area contributed by atoms with Gasteiger partial charge in [0, 0.05) is 43.1 Å². The zero-order valence-electron chi connectivity index (χ0n) is 21.5. The molecule has 0 amide bonds. The summed E-state index contributed by atoms with van der Waals surface area (Å²) in [7, 11) is 0. The predicted molar refractivity (Wildman–Crippen MR) is 142 cm³/mol. The summed E-state index contributed by atoms with van der Waals surface area (Å²) < 4.78 is 22.0. The summed E-state index contributed by atoms with van der Waals surface area (Å²) in [4.78, 5) is 18.8. The van der Waals surface area contributed by atoms with Gasteiger partial charge in [-0.3, -0.25) is 0 Å². The lowest BCUT2D eigenvalue weighted by atomic mass is 10.0. The average Bonchev–Trinajstić information content (AvgIpc) is 3.16. The molecule has 0 aliphatic carbocycles. The molecule has 0 saturated carbocycles. The molecule has 0 bridgehead atoms. The number of ketones is 1. The van der Waals surface area contributed by atoms with E-state index in [1.54, 1.807) is 13.0 Å². The Kier molecular flexibility index (Phi) is 8.15. The Hall–Kier alpha value is -2.71. The molecule has 1 saturated heterocycles. The number of Topliss-reactive ketones (excluding diaryl/α,β-unsaturated/α-hetero) is 1. The second kappa shape index (κ2) is 11.1. The fourth-order valence-electron chi connectivity index (χ4n) is 4.52. The summed E-state index contributed by atoms with van der Waals surface area (Å²) >= 11 is 6.13. The van der Waals surface area contributed by atoms with Gasteiger partial charge >= 0.3 is 0 Å². The van der Waals surface area contributed by atoms with Crippen LogP contribution in [-0.2, 0) is 28.3 Å². The number of fused-ring (bicyclic) bond motifs is 1. The molecule has 9 heteroatoms. The minimum absolute atomic E-state index is 0.0850. The van der Waals surface area contributed by atoms with Gasteiger partial charge in [-0.1, -0.05) is 12.1 Å². The van der Waals surface area contributed by atoms with Crippen molar-refractivity contribution in [3.05, 3.63) is 52.6 Å². The number of morpholine rings is 1. The van der Waals surface area contributed by atoms with E-state index in [0.717, 1.165) is 47.2 Å². The largest absolute Gasteiger partial charge is 0.378 e. The van der Waals surface area contributed by atoms with E-state index in [1.165, 1.54) is 6.07 Å². The summed E-state index contributed by atoms with van der Waals surface area (Å²) in [5, 5.41) is 8.62. The lowest BCUT2D eigenvalue weighted by Gasteiger charge is -2.29. The number of aryl methyl sites for hydroxylation is 1. The normalized spacial score (nSPS) is 14.4. The molecule has 1 aliphatic heterocycles. The molecule has 1 aromatic carbocycles. The molecule has 4 rings (SSSR count). The zero-order chi connectivity index (χ0) is 25.9. The number of carbonyl (C=O) groups excluding carboxylic acids is 1. The van der Waals surface area contributed by atoms with E-state index in [4.69, 9.17) is 26.4 Å². The quantitative estimate of drug-likeness (QED) is 0.397. The van der Waals surface area contributed by atoms with Crippen LogP contribution in [0.3, 0.4) is 0 Å². The third-order valence-corrected chi connectivity index (χ3v) is 6.51. The molecule has 1 N–H and O–H groups in total. The molecule has 194 valence electrons. The van der Waals surface area contributed by atoms with Gasteiger partial charge in [-0.15, -0.1) is 16.7 Å². The van der Waals surface area contributed by atoms with E-state index in [2.05, 4.69) is 37.1 Å². The van der Waals surface area contributed by atoms with Gasteiger partial charge in [-0.05, 0) is 52.2 Å². The van der Waals surface area contributed by atoms with Gasteiger partial charge in [0.05, 0.1) is 36.2 Å². The number of ether oxygens (including phenoxy) is 1. The minimum atomic E-state index is -0.313. The Labute approximate surface area is 217 Å². The van der Waals surface area contributed by atoms with Crippen LogP contribution in [0.5, 0.6) is 0 Å². The van der Waals surface area contributed by atoms with E-state index in [1.807, 2.05) is 10.6 Å². The van der Waals surface area contributed by atoms with Crippen LogP contribution in [-0.4, -0.2) is 52.2 Å². The molecule has 1 aliphatic rings. The van der Waals surface area contributed by atoms with Crippen molar-refractivity contribution < 1.29 is 13.9 Å². The average molecular weight is 516 g/mol. The molecule has 3 aromatic rings. The molecule has 0 atom stereocenters. The Morgan fingerprint density at radius 1 is 1.25 bits per heavy atom. The maximum Gasteiger partial charge on any atom is 0.177 e. The molecule has 0 radical (unpaired) electrons. The van der Waals surface area contributed by atoms with Crippen molar-refractivity contribution >= 4 is 34.5 Å². The van der Waals surface area contributed by atoms with Crippen LogP contribution >= 0.6 is 11.6 Å². The van der Waals surface area contributed by atoms with Crippen molar-refractivity contribution in [2.75, 3.05) is 36.5 Å². The van der Waals surface area contributed by atoms with Crippen LogP contribution in [0.1, 0.15) is 63.1 Å². The smallest absolute Gasteiger partial charge is 0.177 e. The minimum Gasteiger partial charge on any atom is -0.378 e. The van der Waals surface area contributed by atoms with Crippen molar-refractivity contribution in [2.45, 2.75) is 64.8 Å². The van der Waals surface area contributed by atoms with E-state index < -0.39 is 0 Å². The van der Waals surface area contributed by atoms with Crippen LogP contribution in [0.25, 0.3) is 5.65 Å². The Bertz CT molecular complexity index is 1230. The molecule has 3 heterocycles. The molecule has 1 fully saturated rings. The number of halogens is 2. The van der Waals surface area contributed by atoms with Gasteiger partial charge in [-0.2, -0.15) is 0 Å². The van der Waals surface area contributed by atoms with Crippen molar-refractivity contribution in [3.63, 3.8) is 0 Å². The Morgan fingerprint density at radius 2 is 2.00 bits per heavy atom. The first-order valence-electron chi connectivity index (χ1n) is 12.5. The second-order valence-electron chi connectivity index (χ2n) is 10.4. The Morgan fingerprint density at radius 3 is 2.67 bits per heavy atom. The number of aromatic nitrogens is 3. The van der Waals surface area contributed by atoms with Crippen LogP contribution in [0, 0.1) is 5.82 Å². The number of alkyl halides is 1. The zero-order valence-corrected chi connectivity index (χ0v) is 22.3. The van der Waals surface area contributed by atoms with E-state index >= 15 is 0 Å². The predicted octanol–water partition coefficient (Wildman–Crippen LogP) is 5.16. The standard InChI is InChI=1S/C27H35ClFN5O2/c1-18(35)7-5-10-22-24(15-19-8-6-9-21(29)20(19)17-28)34-26(30-22)23(31-27(2,3)4)16-25(32-34)33-11-13-36-14-12-33/h6,8-9,16,31H,5,7,10-15,17H2,1-4H3. The summed E-state index contributed by atoms with van der Waals surface area (Å²) in [5.74, 6) is 0.759. The molecular formula is C27H35ClFN5O2. The number of hydrogen-bond acceptors (Lipinski definition) is 6. The van der Waals surface area contributed by atoms with E-state index in [0.29, 0.717) is 44.5 Å². The van der Waals surface area contributed by atoms with E-state index in [-0.39, 0.29) is 23.0 Å². The monoisotopic (exact) mass is 515 g/mol. The summed E-state index contributed by atoms with van der Waals surface area (Å²) in [6.45, 7) is 10.7. The number of nitrogens with one attached hydrogen (secondary N) is 1. The van der Waals surface area contributed by atoms with E-state index in [9.17, 15) is 9.18 Å². The van der Waals surface area contributed by atoms with Gasteiger partial charge in [-0.25, -0.2) is 13.9 Å². The lowest BCUT2D eigenvalue weighted by Crippen LogP contribution is -2.37. The first kappa shape index (κ1) is 26.4. The maximum atomic E-state index is 14.6. The first-order valence-corrected chi connectivity index (χ1v) is 13.0. The van der Waals surface area contributed by atoms with Gasteiger partial charge in [0.2, 0.25) is 0 Å². The number of benzene rings is 1. The van der Waals surface area contributed by atoms with Crippen LogP contribution in [0.4, 0.5) is 15.9 Å². The highest BCUT2D eigenvalue weighted by atomic mass is 35.5. The molecular weight excluding hydrogens is 481 g/mol. The van der Waals surface area contributed by atoms with Gasteiger partial charge in [0.1, 0.15) is 11.6 Å². The van der Waals surface area contributed by atoms with Crippen LogP contribution in [0.15, 0.2) is 24.3 Å². The van der Waals surface area contributed by atoms with Gasteiger partial charge in [0.25, 0.3) is 0 Å².